The van der Waals surface area contributed by atoms with Crippen LogP contribution >= 0.6 is 11.8 Å². The van der Waals surface area contributed by atoms with Gasteiger partial charge in [-0.15, -0.1) is 0 Å². The molecule has 0 saturated carbocycles. The molecule has 2 aromatic carbocycles. The molecule has 0 bridgehead atoms. The number of rotatable bonds is 3. The van der Waals surface area contributed by atoms with Gasteiger partial charge in [0.05, 0.1) is 4.91 Å². The minimum atomic E-state index is -0.890. The van der Waals surface area contributed by atoms with Crippen molar-refractivity contribution in [3.63, 3.8) is 0 Å². The fraction of sp³-hybridized carbons (Fsp3) is 0.0526. The van der Waals surface area contributed by atoms with Gasteiger partial charge in [-0.05, 0) is 41.6 Å². The third-order valence-corrected chi connectivity index (χ3v) is 4.90. The van der Waals surface area contributed by atoms with Crippen LogP contribution in [-0.4, -0.2) is 15.7 Å². The Bertz CT molecular complexity index is 1090. The number of nitrogens with zero attached hydrogens (tertiary/aromatic N) is 1. The minimum absolute atomic E-state index is 0.325. The zero-order valence-electron chi connectivity index (χ0n) is 13.3. The Morgan fingerprint density at radius 1 is 1.08 bits per heavy atom. The van der Waals surface area contributed by atoms with Crippen LogP contribution in [-0.2, 0) is 11.3 Å². The van der Waals surface area contributed by atoms with Gasteiger partial charge in [-0.1, -0.05) is 24.3 Å². The highest BCUT2D eigenvalue weighted by Gasteiger charge is 2.25. The topological polar surface area (TPSA) is 51.1 Å². The van der Waals surface area contributed by atoms with Crippen molar-refractivity contribution in [3.8, 4) is 0 Å². The second-order valence-electron chi connectivity index (χ2n) is 5.83. The van der Waals surface area contributed by atoms with Crippen molar-refractivity contribution in [1.82, 2.24) is 9.88 Å². The fourth-order valence-electron chi connectivity index (χ4n) is 2.92. The number of aromatic nitrogens is 1. The van der Waals surface area contributed by atoms with E-state index in [1.807, 2.05) is 35.0 Å². The lowest BCUT2D eigenvalue weighted by Gasteiger charge is -2.06. The van der Waals surface area contributed by atoms with Crippen molar-refractivity contribution in [2.24, 2.45) is 0 Å². The number of hydrogen-bond donors (Lipinski definition) is 1. The standard InChI is InChI=1S/C19H12F2N2O2S/c20-14-6-5-11(7-15(14)21)9-23-10-12(13-3-1-2-4-16(13)23)8-17-18(24)22-19(25)26-17/h1-8,10H,9H2,(H,22,24,25)/b17-8-. The predicted octanol–water partition coefficient (Wildman–Crippen LogP) is 4.29. The lowest BCUT2D eigenvalue weighted by atomic mass is 10.1. The molecule has 4 nitrogen and oxygen atoms in total. The molecule has 0 aliphatic carbocycles. The predicted molar refractivity (Wildman–Crippen MR) is 96.5 cm³/mol. The largest absolute Gasteiger partial charge is 0.342 e. The van der Waals surface area contributed by atoms with Crippen LogP contribution in [0.3, 0.4) is 0 Å². The van der Waals surface area contributed by atoms with Gasteiger partial charge in [-0.2, -0.15) is 0 Å². The van der Waals surface area contributed by atoms with Gasteiger partial charge in [0.2, 0.25) is 0 Å². The summed E-state index contributed by atoms with van der Waals surface area (Å²) in [7, 11) is 0. The Labute approximate surface area is 151 Å². The first-order valence-electron chi connectivity index (χ1n) is 7.78. The second kappa shape index (κ2) is 6.42. The van der Waals surface area contributed by atoms with Crippen molar-refractivity contribution < 1.29 is 18.4 Å². The number of amides is 2. The average Bonchev–Trinajstić information content (AvgIpc) is 3.11. The van der Waals surface area contributed by atoms with Crippen LogP contribution in [0, 0.1) is 11.6 Å². The summed E-state index contributed by atoms with van der Waals surface area (Å²) in [5, 5.41) is 2.73. The lowest BCUT2D eigenvalue weighted by Crippen LogP contribution is -2.17. The highest BCUT2D eigenvalue weighted by Crippen LogP contribution is 2.30. The molecule has 0 atom stereocenters. The van der Waals surface area contributed by atoms with Crippen molar-refractivity contribution in [2.75, 3.05) is 0 Å². The molecule has 130 valence electrons. The van der Waals surface area contributed by atoms with Crippen LogP contribution < -0.4 is 5.32 Å². The number of hydrogen-bond acceptors (Lipinski definition) is 3. The van der Waals surface area contributed by atoms with E-state index >= 15 is 0 Å². The van der Waals surface area contributed by atoms with Gasteiger partial charge in [-0.3, -0.25) is 14.9 Å². The van der Waals surface area contributed by atoms with Crippen molar-refractivity contribution >= 4 is 39.9 Å². The second-order valence-corrected chi connectivity index (χ2v) is 6.84. The van der Waals surface area contributed by atoms with E-state index in [4.69, 9.17) is 0 Å². The Kier molecular flexibility index (Phi) is 4.08. The molecule has 0 radical (unpaired) electrons. The third kappa shape index (κ3) is 3.01. The monoisotopic (exact) mass is 370 g/mol. The molecule has 1 aliphatic heterocycles. The number of para-hydroxylation sites is 1. The SMILES string of the molecule is O=C1NC(=O)/C(=C/c2cn(Cc3ccc(F)c(F)c3)c3ccccc23)S1. The van der Waals surface area contributed by atoms with E-state index in [2.05, 4.69) is 5.32 Å². The van der Waals surface area contributed by atoms with E-state index in [0.717, 1.165) is 34.3 Å². The smallest absolute Gasteiger partial charge is 0.290 e. The summed E-state index contributed by atoms with van der Waals surface area (Å²) in [6.07, 6.45) is 3.49. The molecule has 1 saturated heterocycles. The summed E-state index contributed by atoms with van der Waals surface area (Å²) in [5.74, 6) is -2.19. The van der Waals surface area contributed by atoms with Gasteiger partial charge < -0.3 is 4.57 Å². The molecular formula is C19H12F2N2O2S. The highest BCUT2D eigenvalue weighted by atomic mass is 32.2. The van der Waals surface area contributed by atoms with Crippen LogP contribution in [0.5, 0.6) is 0 Å². The maximum Gasteiger partial charge on any atom is 0.290 e. The maximum atomic E-state index is 13.5. The summed E-state index contributed by atoms with van der Waals surface area (Å²) in [5.41, 5.74) is 2.28. The molecule has 2 amide bonds. The lowest BCUT2D eigenvalue weighted by molar-refractivity contribution is -0.115. The summed E-state index contributed by atoms with van der Waals surface area (Å²) >= 11 is 0.855. The zero-order valence-corrected chi connectivity index (χ0v) is 14.1. The molecule has 3 aromatic rings. The van der Waals surface area contributed by atoms with Gasteiger partial charge >= 0.3 is 0 Å². The molecule has 2 heterocycles. The van der Waals surface area contributed by atoms with Crippen molar-refractivity contribution in [1.29, 1.82) is 0 Å². The Morgan fingerprint density at radius 2 is 1.88 bits per heavy atom. The van der Waals surface area contributed by atoms with Crippen LogP contribution in [0.1, 0.15) is 11.1 Å². The molecule has 1 aromatic heterocycles. The number of carbonyl (C=O) groups is 2. The number of nitrogens with one attached hydrogen (secondary N) is 1. The normalized spacial score (nSPS) is 15.8. The van der Waals surface area contributed by atoms with E-state index < -0.39 is 22.8 Å². The summed E-state index contributed by atoms with van der Waals surface area (Å²) in [4.78, 5) is 23.5. The van der Waals surface area contributed by atoms with E-state index in [-0.39, 0.29) is 0 Å². The first kappa shape index (κ1) is 16.5. The van der Waals surface area contributed by atoms with Crippen molar-refractivity contribution in [3.05, 3.63) is 76.3 Å². The first-order valence-corrected chi connectivity index (χ1v) is 8.59. The Morgan fingerprint density at radius 3 is 2.62 bits per heavy atom. The van der Waals surface area contributed by atoms with E-state index in [0.29, 0.717) is 17.0 Å². The van der Waals surface area contributed by atoms with E-state index in [1.165, 1.54) is 12.1 Å². The van der Waals surface area contributed by atoms with Crippen LogP contribution in [0.2, 0.25) is 0 Å². The molecule has 26 heavy (non-hydrogen) atoms. The number of imide groups is 1. The molecular weight excluding hydrogens is 358 g/mol. The Balaban J connectivity index is 1.77. The van der Waals surface area contributed by atoms with Crippen LogP contribution in [0.4, 0.5) is 13.6 Å². The first-order chi connectivity index (χ1) is 12.5. The molecule has 4 rings (SSSR count). The van der Waals surface area contributed by atoms with Crippen LogP contribution in [0.15, 0.2) is 53.6 Å². The molecule has 1 N–H and O–H groups in total. The number of carbonyl (C=O) groups excluding carboxylic acids is 2. The van der Waals surface area contributed by atoms with Gasteiger partial charge in [0.1, 0.15) is 0 Å². The minimum Gasteiger partial charge on any atom is -0.342 e. The van der Waals surface area contributed by atoms with E-state index in [1.54, 1.807) is 6.08 Å². The number of thioether (sulfide) groups is 1. The number of fused-ring (bicyclic) bond motifs is 1. The van der Waals surface area contributed by atoms with Gasteiger partial charge in [0.25, 0.3) is 11.1 Å². The molecule has 0 spiro atoms. The highest BCUT2D eigenvalue weighted by molar-refractivity contribution is 8.18. The summed E-state index contributed by atoms with van der Waals surface area (Å²) < 4.78 is 28.5. The third-order valence-electron chi connectivity index (χ3n) is 4.08. The van der Waals surface area contributed by atoms with Crippen molar-refractivity contribution in [2.45, 2.75) is 6.54 Å². The summed E-state index contributed by atoms with van der Waals surface area (Å²) in [6, 6.07) is 11.4. The number of benzene rings is 2. The molecule has 1 aliphatic rings. The molecule has 1 fully saturated rings. The zero-order chi connectivity index (χ0) is 18.3. The van der Waals surface area contributed by atoms with Gasteiger partial charge in [-0.25, -0.2) is 8.78 Å². The molecule has 7 heteroatoms. The fourth-order valence-corrected chi connectivity index (χ4v) is 3.59. The Hall–Kier alpha value is -2.93. The van der Waals surface area contributed by atoms with Gasteiger partial charge in [0, 0.05) is 29.2 Å². The number of halogens is 2. The van der Waals surface area contributed by atoms with Crippen LogP contribution in [0.25, 0.3) is 17.0 Å². The maximum absolute atomic E-state index is 13.5. The average molecular weight is 370 g/mol. The molecule has 0 unspecified atom stereocenters. The quantitative estimate of drug-likeness (QED) is 0.700. The van der Waals surface area contributed by atoms with Gasteiger partial charge in [0.15, 0.2) is 11.6 Å². The van der Waals surface area contributed by atoms with E-state index in [9.17, 15) is 18.4 Å². The summed E-state index contributed by atoms with van der Waals surface area (Å²) in [6.45, 7) is 0.346.